The summed E-state index contributed by atoms with van der Waals surface area (Å²) in [6.45, 7) is 0.415. The zero-order chi connectivity index (χ0) is 22.9. The topological polar surface area (TPSA) is 82.5 Å². The molecule has 2 N–H and O–H groups in total. The number of carbonyl (C=O) groups is 2. The molecule has 0 radical (unpaired) electrons. The van der Waals surface area contributed by atoms with E-state index >= 15 is 0 Å². The highest BCUT2D eigenvalue weighted by molar-refractivity contribution is 7.99. The average molecular weight is 474 g/mol. The van der Waals surface area contributed by atoms with Gasteiger partial charge in [0.1, 0.15) is 10.8 Å². The summed E-state index contributed by atoms with van der Waals surface area (Å²) in [6, 6.07) is 19.7. The normalized spacial score (nSPS) is 12.3. The van der Waals surface area contributed by atoms with Crippen molar-refractivity contribution < 1.29 is 14.7 Å². The number of benzene rings is 3. The predicted octanol–water partition coefficient (Wildman–Crippen LogP) is 5.50. The Morgan fingerprint density at radius 3 is 2.67 bits per heavy atom. The van der Waals surface area contributed by atoms with Gasteiger partial charge in [0.2, 0.25) is 0 Å². The lowest BCUT2D eigenvalue weighted by Crippen LogP contribution is -2.26. The number of thiazole rings is 1. The molecule has 4 aromatic rings. The second-order valence-corrected chi connectivity index (χ2v) is 9.80. The van der Waals surface area contributed by atoms with Crippen molar-refractivity contribution in [1.82, 2.24) is 9.88 Å². The van der Waals surface area contributed by atoms with Crippen LogP contribution in [0.2, 0.25) is 0 Å². The van der Waals surface area contributed by atoms with Crippen molar-refractivity contribution in [3.63, 3.8) is 0 Å². The smallest absolute Gasteiger partial charge is 0.256 e. The summed E-state index contributed by atoms with van der Waals surface area (Å²) in [5.74, 6) is -0.111. The number of carbonyl (C=O) groups excluding carboxylic acids is 2. The summed E-state index contributed by atoms with van der Waals surface area (Å²) in [6.07, 6.45) is 1.77. The molecule has 2 amide bonds. The van der Waals surface area contributed by atoms with Crippen LogP contribution in [-0.4, -0.2) is 33.9 Å². The van der Waals surface area contributed by atoms with Gasteiger partial charge in [-0.2, -0.15) is 0 Å². The largest absolute Gasteiger partial charge is 0.508 e. The fraction of sp³-hybridized carbons (Fsp3) is 0.0800. The van der Waals surface area contributed by atoms with E-state index in [1.807, 2.05) is 36.4 Å². The number of aromatic hydroxyl groups is 1. The predicted molar refractivity (Wildman–Crippen MR) is 130 cm³/mol. The number of anilines is 1. The Kier molecular flexibility index (Phi) is 5.62. The number of nitrogens with zero attached hydrogens (tertiary/aromatic N) is 2. The van der Waals surface area contributed by atoms with Gasteiger partial charge in [0.15, 0.2) is 0 Å². The highest BCUT2D eigenvalue weighted by Crippen LogP contribution is 2.39. The number of amides is 2. The quantitative estimate of drug-likeness (QED) is 0.409. The van der Waals surface area contributed by atoms with Gasteiger partial charge in [0.25, 0.3) is 11.8 Å². The third kappa shape index (κ3) is 4.35. The van der Waals surface area contributed by atoms with Crippen LogP contribution in [0.15, 0.2) is 82.7 Å². The molecule has 1 aliphatic rings. The SMILES string of the molecule is CN(Cc1cnc(-c2ccc(O)cc2)s1)C(=O)c1ccc2c(c1)NC(=O)c1ccccc1S2. The molecule has 0 saturated heterocycles. The van der Waals surface area contributed by atoms with Crippen molar-refractivity contribution in [1.29, 1.82) is 0 Å². The zero-order valence-electron chi connectivity index (χ0n) is 17.6. The minimum absolute atomic E-state index is 0.140. The Hall–Kier alpha value is -3.62. The van der Waals surface area contributed by atoms with E-state index in [2.05, 4.69) is 10.3 Å². The number of hydrogen-bond acceptors (Lipinski definition) is 6. The average Bonchev–Trinajstić information content (AvgIpc) is 3.23. The molecule has 0 atom stereocenters. The zero-order valence-corrected chi connectivity index (χ0v) is 19.2. The first-order chi connectivity index (χ1) is 16.0. The van der Waals surface area contributed by atoms with E-state index in [9.17, 15) is 14.7 Å². The van der Waals surface area contributed by atoms with Gasteiger partial charge in [0, 0.05) is 39.0 Å². The Bertz CT molecular complexity index is 1370. The van der Waals surface area contributed by atoms with Gasteiger partial charge in [0.05, 0.1) is 17.8 Å². The molecule has 0 aliphatic carbocycles. The van der Waals surface area contributed by atoms with Crippen LogP contribution in [0, 0.1) is 0 Å². The lowest BCUT2D eigenvalue weighted by Gasteiger charge is -2.17. The molecular weight excluding hydrogens is 454 g/mol. The summed E-state index contributed by atoms with van der Waals surface area (Å²) in [5, 5.41) is 13.2. The van der Waals surface area contributed by atoms with Gasteiger partial charge in [-0.25, -0.2) is 4.98 Å². The van der Waals surface area contributed by atoms with Crippen molar-refractivity contribution in [3.05, 3.63) is 88.9 Å². The number of phenols is 1. The molecule has 164 valence electrons. The standard InChI is InChI=1S/C25H19N3O3S2/c1-28(14-18-13-26-24(32-18)15-6-9-17(29)10-7-15)25(31)16-8-11-22-20(12-16)27-23(30)19-4-2-3-5-21(19)33-22/h2-13,29H,14H2,1H3,(H,27,30). The second-order valence-electron chi connectivity index (χ2n) is 7.60. The van der Waals surface area contributed by atoms with Gasteiger partial charge in [-0.1, -0.05) is 23.9 Å². The van der Waals surface area contributed by atoms with E-state index in [-0.39, 0.29) is 17.6 Å². The third-order valence-electron chi connectivity index (χ3n) is 5.23. The Balaban J connectivity index is 1.32. The van der Waals surface area contributed by atoms with Gasteiger partial charge in [-0.05, 0) is 54.6 Å². The molecule has 1 aliphatic heterocycles. The van der Waals surface area contributed by atoms with E-state index in [4.69, 9.17) is 0 Å². The van der Waals surface area contributed by atoms with Crippen LogP contribution < -0.4 is 5.32 Å². The number of nitrogens with one attached hydrogen (secondary N) is 1. The van der Waals surface area contributed by atoms with Crippen LogP contribution in [-0.2, 0) is 6.54 Å². The van der Waals surface area contributed by atoms with Crippen molar-refractivity contribution in [2.45, 2.75) is 16.3 Å². The summed E-state index contributed by atoms with van der Waals surface area (Å²) in [4.78, 5) is 34.5. The second kappa shape index (κ2) is 8.73. The monoisotopic (exact) mass is 473 g/mol. The molecule has 5 rings (SSSR count). The molecule has 0 saturated carbocycles. The number of phenolic OH excluding ortho intramolecular Hbond substituents is 1. The highest BCUT2D eigenvalue weighted by atomic mass is 32.2. The number of hydrogen-bond donors (Lipinski definition) is 2. The van der Waals surface area contributed by atoms with Crippen molar-refractivity contribution in [2.24, 2.45) is 0 Å². The first-order valence-electron chi connectivity index (χ1n) is 10.2. The minimum Gasteiger partial charge on any atom is -0.508 e. The number of fused-ring (bicyclic) bond motifs is 2. The van der Waals surface area contributed by atoms with Gasteiger partial charge >= 0.3 is 0 Å². The molecule has 0 spiro atoms. The molecule has 3 aromatic carbocycles. The van der Waals surface area contributed by atoms with Gasteiger partial charge in [-0.15, -0.1) is 11.3 Å². The van der Waals surface area contributed by atoms with Crippen LogP contribution in [0.3, 0.4) is 0 Å². The van der Waals surface area contributed by atoms with Crippen LogP contribution >= 0.6 is 23.1 Å². The molecule has 6 nitrogen and oxygen atoms in total. The van der Waals surface area contributed by atoms with E-state index in [0.717, 1.165) is 25.2 Å². The molecule has 0 fully saturated rings. The van der Waals surface area contributed by atoms with E-state index < -0.39 is 0 Å². The van der Waals surface area contributed by atoms with E-state index in [1.165, 1.54) is 23.1 Å². The van der Waals surface area contributed by atoms with Crippen molar-refractivity contribution >= 4 is 40.6 Å². The van der Waals surface area contributed by atoms with Crippen molar-refractivity contribution in [2.75, 3.05) is 12.4 Å². The molecule has 1 aromatic heterocycles. The van der Waals surface area contributed by atoms with Crippen LogP contribution in [0.1, 0.15) is 25.6 Å². The van der Waals surface area contributed by atoms with E-state index in [1.54, 1.807) is 48.5 Å². The fourth-order valence-electron chi connectivity index (χ4n) is 3.55. The lowest BCUT2D eigenvalue weighted by molar-refractivity contribution is 0.0786. The molecule has 0 bridgehead atoms. The third-order valence-corrected chi connectivity index (χ3v) is 7.42. The van der Waals surface area contributed by atoms with Gasteiger partial charge < -0.3 is 15.3 Å². The molecule has 8 heteroatoms. The Morgan fingerprint density at radius 1 is 1.06 bits per heavy atom. The number of rotatable bonds is 4. The van der Waals surface area contributed by atoms with Crippen LogP contribution in [0.25, 0.3) is 10.6 Å². The Morgan fingerprint density at radius 2 is 1.85 bits per heavy atom. The summed E-state index contributed by atoms with van der Waals surface area (Å²) in [5.41, 5.74) is 2.68. The maximum atomic E-state index is 13.1. The highest BCUT2D eigenvalue weighted by Gasteiger charge is 2.22. The molecule has 0 unspecified atom stereocenters. The molecule has 2 heterocycles. The Labute approximate surface area is 198 Å². The first-order valence-corrected chi connectivity index (χ1v) is 11.8. The minimum atomic E-state index is -0.179. The molecular formula is C25H19N3O3S2. The van der Waals surface area contributed by atoms with Gasteiger partial charge in [-0.3, -0.25) is 9.59 Å². The van der Waals surface area contributed by atoms with Crippen molar-refractivity contribution in [3.8, 4) is 16.3 Å². The maximum Gasteiger partial charge on any atom is 0.256 e. The van der Waals surface area contributed by atoms with Crippen LogP contribution in [0.4, 0.5) is 5.69 Å². The maximum absolute atomic E-state index is 13.1. The first kappa shape index (κ1) is 21.2. The fourth-order valence-corrected chi connectivity index (χ4v) is 5.53. The summed E-state index contributed by atoms with van der Waals surface area (Å²) >= 11 is 3.01. The summed E-state index contributed by atoms with van der Waals surface area (Å²) in [7, 11) is 1.75. The number of aromatic nitrogens is 1. The summed E-state index contributed by atoms with van der Waals surface area (Å²) < 4.78 is 0. The van der Waals surface area contributed by atoms with E-state index in [0.29, 0.717) is 23.4 Å². The lowest BCUT2D eigenvalue weighted by atomic mass is 10.1. The molecule has 33 heavy (non-hydrogen) atoms. The van der Waals surface area contributed by atoms with Crippen LogP contribution in [0.5, 0.6) is 5.75 Å².